The molecule has 1 aliphatic heterocycles. The van der Waals surface area contributed by atoms with Crippen LogP contribution in [0.1, 0.15) is 37.3 Å². The molecule has 0 spiro atoms. The number of fused-ring (bicyclic) bond motifs is 1. The van der Waals surface area contributed by atoms with Crippen molar-refractivity contribution in [3.63, 3.8) is 0 Å². The zero-order valence-corrected chi connectivity index (χ0v) is 9.16. The van der Waals surface area contributed by atoms with Crippen molar-refractivity contribution in [2.24, 2.45) is 11.7 Å². The van der Waals surface area contributed by atoms with Gasteiger partial charge in [0, 0.05) is 24.1 Å². The van der Waals surface area contributed by atoms with Crippen molar-refractivity contribution in [2.45, 2.75) is 37.8 Å². The maximum Gasteiger partial charge on any atom is 0.127 e. The number of halogens is 1. The van der Waals surface area contributed by atoms with Gasteiger partial charge in [-0.15, -0.1) is 0 Å². The molecule has 2 atom stereocenters. The predicted molar refractivity (Wildman–Crippen MR) is 59.7 cm³/mol. The molecule has 0 aromatic heterocycles. The second kappa shape index (κ2) is 3.74. The average Bonchev–Trinajstić information content (AvgIpc) is 2.13. The largest absolute Gasteiger partial charge is 0.490 e. The summed E-state index contributed by atoms with van der Waals surface area (Å²) in [6, 6.07) is 4.65. The van der Waals surface area contributed by atoms with Crippen molar-refractivity contribution in [2.75, 3.05) is 0 Å². The SMILES string of the molecule is NC1CC(C2CCC2)Oc2cc(F)ccc21. The van der Waals surface area contributed by atoms with Crippen molar-refractivity contribution >= 4 is 0 Å². The number of hydrogen-bond donors (Lipinski definition) is 1. The van der Waals surface area contributed by atoms with Crippen LogP contribution in [0.2, 0.25) is 0 Å². The summed E-state index contributed by atoms with van der Waals surface area (Å²) in [6.45, 7) is 0. The second-order valence-electron chi connectivity index (χ2n) is 4.87. The Morgan fingerprint density at radius 3 is 2.81 bits per heavy atom. The second-order valence-corrected chi connectivity index (χ2v) is 4.87. The molecule has 2 aliphatic rings. The summed E-state index contributed by atoms with van der Waals surface area (Å²) < 4.78 is 19.0. The van der Waals surface area contributed by atoms with Crippen molar-refractivity contribution in [3.8, 4) is 5.75 Å². The van der Waals surface area contributed by atoms with Gasteiger partial charge < -0.3 is 10.5 Å². The van der Waals surface area contributed by atoms with Gasteiger partial charge >= 0.3 is 0 Å². The van der Waals surface area contributed by atoms with Crippen LogP contribution in [0.25, 0.3) is 0 Å². The van der Waals surface area contributed by atoms with E-state index in [9.17, 15) is 4.39 Å². The van der Waals surface area contributed by atoms with Crippen molar-refractivity contribution in [1.82, 2.24) is 0 Å². The lowest BCUT2D eigenvalue weighted by Gasteiger charge is -2.39. The van der Waals surface area contributed by atoms with Crippen LogP contribution in [0.4, 0.5) is 4.39 Å². The van der Waals surface area contributed by atoms with Crippen molar-refractivity contribution in [1.29, 1.82) is 0 Å². The molecule has 2 N–H and O–H groups in total. The maximum atomic E-state index is 13.1. The zero-order valence-electron chi connectivity index (χ0n) is 9.16. The van der Waals surface area contributed by atoms with Crippen LogP contribution in [0.5, 0.6) is 5.75 Å². The Hall–Kier alpha value is -1.09. The maximum absolute atomic E-state index is 13.1. The molecule has 0 bridgehead atoms. The van der Waals surface area contributed by atoms with Crippen molar-refractivity contribution in [3.05, 3.63) is 29.6 Å². The van der Waals surface area contributed by atoms with E-state index >= 15 is 0 Å². The van der Waals surface area contributed by atoms with E-state index in [1.165, 1.54) is 31.4 Å². The van der Waals surface area contributed by atoms with Crippen LogP contribution >= 0.6 is 0 Å². The average molecular weight is 221 g/mol. The Morgan fingerprint density at radius 2 is 2.12 bits per heavy atom. The molecule has 16 heavy (non-hydrogen) atoms. The Labute approximate surface area is 94.6 Å². The molecule has 2 unspecified atom stereocenters. The molecule has 2 nitrogen and oxygen atoms in total. The predicted octanol–water partition coefficient (Wildman–Crippen LogP) is 2.78. The van der Waals surface area contributed by atoms with Gasteiger partial charge in [0.05, 0.1) is 0 Å². The smallest absolute Gasteiger partial charge is 0.127 e. The van der Waals surface area contributed by atoms with E-state index in [4.69, 9.17) is 10.5 Å². The summed E-state index contributed by atoms with van der Waals surface area (Å²) >= 11 is 0. The van der Waals surface area contributed by atoms with E-state index in [1.54, 1.807) is 6.07 Å². The van der Waals surface area contributed by atoms with E-state index < -0.39 is 0 Å². The summed E-state index contributed by atoms with van der Waals surface area (Å²) in [5.74, 6) is 1.03. The standard InChI is InChI=1S/C13H16FNO/c14-9-4-5-10-11(15)7-12(8-2-1-3-8)16-13(10)6-9/h4-6,8,11-12H,1-3,7,15H2. The third kappa shape index (κ3) is 1.59. The highest BCUT2D eigenvalue weighted by Gasteiger charge is 2.34. The fourth-order valence-electron chi connectivity index (χ4n) is 2.61. The summed E-state index contributed by atoms with van der Waals surface area (Å²) in [4.78, 5) is 0. The molecule has 1 aromatic rings. The molecular formula is C13H16FNO. The summed E-state index contributed by atoms with van der Waals surface area (Å²) in [7, 11) is 0. The number of ether oxygens (including phenoxy) is 1. The van der Waals surface area contributed by atoms with Gasteiger partial charge in [0.2, 0.25) is 0 Å². The van der Waals surface area contributed by atoms with Gasteiger partial charge in [-0.2, -0.15) is 0 Å². The van der Waals surface area contributed by atoms with Crippen molar-refractivity contribution < 1.29 is 9.13 Å². The van der Waals surface area contributed by atoms with Gasteiger partial charge in [-0.3, -0.25) is 0 Å². The van der Waals surface area contributed by atoms with Crippen LogP contribution in [-0.4, -0.2) is 6.10 Å². The number of benzene rings is 1. The van der Waals surface area contributed by atoms with Crippen LogP contribution in [0.3, 0.4) is 0 Å². The molecule has 1 fully saturated rings. The molecule has 3 heteroatoms. The summed E-state index contributed by atoms with van der Waals surface area (Å²) in [5, 5.41) is 0. The highest BCUT2D eigenvalue weighted by molar-refractivity contribution is 5.38. The van der Waals surface area contributed by atoms with Crippen LogP contribution in [0.15, 0.2) is 18.2 Å². The first-order valence-corrected chi connectivity index (χ1v) is 5.96. The Bertz CT molecular complexity index is 403. The van der Waals surface area contributed by atoms with Gasteiger partial charge in [-0.25, -0.2) is 4.39 Å². The highest BCUT2D eigenvalue weighted by atomic mass is 19.1. The fraction of sp³-hybridized carbons (Fsp3) is 0.538. The monoisotopic (exact) mass is 221 g/mol. The third-order valence-electron chi connectivity index (χ3n) is 3.82. The molecule has 0 radical (unpaired) electrons. The lowest BCUT2D eigenvalue weighted by atomic mass is 9.77. The Kier molecular flexibility index (Phi) is 2.36. The highest BCUT2D eigenvalue weighted by Crippen LogP contribution is 2.41. The molecular weight excluding hydrogens is 205 g/mol. The summed E-state index contributed by atoms with van der Waals surface area (Å²) in [6.07, 6.45) is 4.79. The lowest BCUT2D eigenvalue weighted by Crippen LogP contribution is -2.38. The normalized spacial score (nSPS) is 29.1. The first-order chi connectivity index (χ1) is 7.74. The number of nitrogens with two attached hydrogens (primary N) is 1. The van der Waals surface area contributed by atoms with E-state index in [-0.39, 0.29) is 18.0 Å². The topological polar surface area (TPSA) is 35.2 Å². The lowest BCUT2D eigenvalue weighted by molar-refractivity contribution is 0.0576. The minimum absolute atomic E-state index is 0.00468. The zero-order chi connectivity index (χ0) is 11.1. The Morgan fingerprint density at radius 1 is 1.31 bits per heavy atom. The van der Waals surface area contributed by atoms with Gasteiger partial charge in [0.15, 0.2) is 0 Å². The molecule has 86 valence electrons. The Balaban J connectivity index is 1.88. The fourth-order valence-corrected chi connectivity index (χ4v) is 2.61. The number of rotatable bonds is 1. The molecule has 1 aliphatic carbocycles. The van der Waals surface area contributed by atoms with E-state index in [2.05, 4.69) is 0 Å². The minimum Gasteiger partial charge on any atom is -0.490 e. The molecule has 1 saturated carbocycles. The quantitative estimate of drug-likeness (QED) is 0.791. The minimum atomic E-state index is -0.250. The molecule has 0 amide bonds. The molecule has 1 heterocycles. The first kappa shape index (κ1) is 10.1. The third-order valence-corrected chi connectivity index (χ3v) is 3.82. The van der Waals surface area contributed by atoms with Crippen LogP contribution < -0.4 is 10.5 Å². The van der Waals surface area contributed by atoms with E-state index in [0.717, 1.165) is 12.0 Å². The van der Waals surface area contributed by atoms with Crippen LogP contribution in [-0.2, 0) is 0 Å². The van der Waals surface area contributed by atoms with Gasteiger partial charge in [0.25, 0.3) is 0 Å². The molecule has 1 aromatic carbocycles. The number of hydrogen-bond acceptors (Lipinski definition) is 2. The molecule has 0 saturated heterocycles. The van der Waals surface area contributed by atoms with E-state index in [1.807, 2.05) is 0 Å². The molecule has 3 rings (SSSR count). The first-order valence-electron chi connectivity index (χ1n) is 5.96. The van der Waals surface area contributed by atoms with Gasteiger partial charge in [0.1, 0.15) is 17.7 Å². The summed E-state index contributed by atoms with van der Waals surface area (Å²) in [5.41, 5.74) is 7.04. The van der Waals surface area contributed by atoms with Gasteiger partial charge in [-0.1, -0.05) is 12.5 Å². The van der Waals surface area contributed by atoms with Gasteiger partial charge in [-0.05, 0) is 24.8 Å². The van der Waals surface area contributed by atoms with E-state index in [0.29, 0.717) is 11.7 Å². The van der Waals surface area contributed by atoms with Crippen LogP contribution in [0, 0.1) is 11.7 Å².